The van der Waals surface area contributed by atoms with Gasteiger partial charge in [0.2, 0.25) is 18.2 Å². The molecule has 1 unspecified atom stereocenters. The summed E-state index contributed by atoms with van der Waals surface area (Å²) >= 11 is 0. The van der Waals surface area contributed by atoms with E-state index < -0.39 is 18.2 Å². The smallest absolute Gasteiger partial charge is 0.236 e. The average Bonchev–Trinajstić information content (AvgIpc) is 2.81. The Morgan fingerprint density at radius 1 is 0.781 bits per heavy atom. The summed E-state index contributed by atoms with van der Waals surface area (Å²) in [7, 11) is 1.43. The highest BCUT2D eigenvalue weighted by molar-refractivity contribution is 7.95. The molecule has 0 aromatic heterocycles. The fraction of sp³-hybridized carbons (Fsp3) is 0.417. The van der Waals surface area contributed by atoms with Crippen LogP contribution in [-0.4, -0.2) is 45.6 Å². The Labute approximate surface area is 189 Å². The zero-order valence-electron chi connectivity index (χ0n) is 19.5. The Balaban J connectivity index is 2.76. The van der Waals surface area contributed by atoms with Crippen LogP contribution >= 0.6 is 7.14 Å². The fourth-order valence-corrected chi connectivity index (χ4v) is 6.51. The first kappa shape index (κ1) is 25.5. The van der Waals surface area contributed by atoms with Crippen molar-refractivity contribution in [2.75, 3.05) is 34.6 Å². The van der Waals surface area contributed by atoms with Crippen LogP contribution in [0.2, 0.25) is 0 Å². The maximum atomic E-state index is 14.5. The lowest BCUT2D eigenvalue weighted by Crippen LogP contribution is -2.19. The van der Waals surface area contributed by atoms with Gasteiger partial charge in [0.25, 0.3) is 0 Å². The van der Waals surface area contributed by atoms with Crippen LogP contribution in [0.15, 0.2) is 36.4 Å². The Morgan fingerprint density at radius 2 is 1.12 bits per heavy atom. The Hall–Kier alpha value is -2.79. The van der Waals surface area contributed by atoms with Crippen molar-refractivity contribution in [1.29, 1.82) is 0 Å². The second-order valence-electron chi connectivity index (χ2n) is 7.50. The molecule has 8 heteroatoms. The van der Waals surface area contributed by atoms with Crippen LogP contribution in [0.1, 0.15) is 47.4 Å². The zero-order chi connectivity index (χ0) is 23.9. The van der Waals surface area contributed by atoms with E-state index in [1.165, 1.54) is 28.4 Å². The Morgan fingerprint density at radius 3 is 1.41 bits per heavy atom. The monoisotopic (exact) mass is 462 g/mol. The molecule has 0 radical (unpaired) electrons. The van der Waals surface area contributed by atoms with Crippen molar-refractivity contribution in [1.82, 2.24) is 0 Å². The van der Waals surface area contributed by atoms with Crippen molar-refractivity contribution in [3.8, 4) is 23.0 Å². The molecule has 0 saturated heterocycles. The number of rotatable bonds is 12. The van der Waals surface area contributed by atoms with Gasteiger partial charge in [0.05, 0.1) is 28.4 Å². The molecule has 174 valence electrons. The third-order valence-electron chi connectivity index (χ3n) is 5.29. The van der Waals surface area contributed by atoms with Crippen LogP contribution in [-0.2, 0) is 4.57 Å². The summed E-state index contributed by atoms with van der Waals surface area (Å²) < 4.78 is 35.8. The molecule has 1 atom stereocenters. The minimum atomic E-state index is -4.19. The van der Waals surface area contributed by atoms with E-state index in [-0.39, 0.29) is 46.2 Å². The quantitative estimate of drug-likeness (QED) is 0.385. The molecular weight excluding hydrogens is 431 g/mol. The van der Waals surface area contributed by atoms with Gasteiger partial charge in [0.15, 0.2) is 0 Å². The third kappa shape index (κ3) is 4.99. The van der Waals surface area contributed by atoms with Gasteiger partial charge in [-0.25, -0.2) is 0 Å². The van der Waals surface area contributed by atoms with Gasteiger partial charge >= 0.3 is 0 Å². The summed E-state index contributed by atoms with van der Waals surface area (Å²) in [5.41, 5.74) is -1.61. The predicted octanol–water partition coefficient (Wildman–Crippen LogP) is 5.50. The standard InChI is InChI=1S/C24H31O7P/c1-7-10-16(2)15-32(27,23(25)21-17(28-3)11-8-12-18(21)29-4)24(26)22-19(30-5)13-9-14-20(22)31-6/h8-9,11-14,16H,7,10,15H2,1-6H3. The molecule has 0 N–H and O–H groups in total. The fourth-order valence-electron chi connectivity index (χ4n) is 3.77. The van der Waals surface area contributed by atoms with E-state index in [4.69, 9.17) is 18.9 Å². The number of carbonyl (C=O) groups excluding carboxylic acids is 2. The molecule has 0 heterocycles. The maximum Gasteiger partial charge on any atom is 0.236 e. The first-order chi connectivity index (χ1) is 15.3. The molecule has 2 rings (SSSR count). The van der Waals surface area contributed by atoms with Crippen molar-refractivity contribution in [3.05, 3.63) is 47.5 Å². The Kier molecular flexibility index (Phi) is 8.90. The van der Waals surface area contributed by atoms with Crippen molar-refractivity contribution in [2.24, 2.45) is 5.92 Å². The predicted molar refractivity (Wildman–Crippen MR) is 124 cm³/mol. The van der Waals surface area contributed by atoms with Gasteiger partial charge in [-0.3, -0.25) is 9.59 Å². The lowest BCUT2D eigenvalue weighted by Gasteiger charge is -2.23. The molecule has 2 aromatic carbocycles. The second kappa shape index (κ2) is 11.2. The summed E-state index contributed by atoms with van der Waals surface area (Å²) in [6, 6.07) is 9.61. The second-order valence-corrected chi connectivity index (χ2v) is 10.2. The van der Waals surface area contributed by atoms with E-state index in [2.05, 4.69) is 0 Å². The van der Waals surface area contributed by atoms with Gasteiger partial charge in [-0.05, 0) is 30.2 Å². The number of benzene rings is 2. The molecular formula is C24H31O7P. The number of hydrogen-bond donors (Lipinski definition) is 0. The summed E-state index contributed by atoms with van der Waals surface area (Å²) in [5, 5.41) is 0. The number of hydrogen-bond acceptors (Lipinski definition) is 7. The number of carbonyl (C=O) groups is 2. The van der Waals surface area contributed by atoms with E-state index in [0.29, 0.717) is 0 Å². The van der Waals surface area contributed by atoms with Gasteiger partial charge < -0.3 is 23.5 Å². The molecule has 0 aliphatic rings. The molecule has 7 nitrogen and oxygen atoms in total. The summed E-state index contributed by atoms with van der Waals surface area (Å²) in [6.45, 7) is 3.88. The van der Waals surface area contributed by atoms with E-state index in [1.807, 2.05) is 13.8 Å². The largest absolute Gasteiger partial charge is 0.496 e. The maximum absolute atomic E-state index is 14.5. The minimum Gasteiger partial charge on any atom is -0.496 e. The Bertz CT molecular complexity index is 899. The molecule has 0 aliphatic heterocycles. The lowest BCUT2D eigenvalue weighted by molar-refractivity contribution is 0.103. The summed E-state index contributed by atoms with van der Waals surface area (Å²) in [6.07, 6.45) is 1.47. The number of ether oxygens (including phenoxy) is 4. The van der Waals surface area contributed by atoms with Gasteiger partial charge in [-0.15, -0.1) is 0 Å². The van der Waals surface area contributed by atoms with Gasteiger partial charge in [-0.1, -0.05) is 38.8 Å². The number of methoxy groups -OCH3 is 4. The molecule has 32 heavy (non-hydrogen) atoms. The van der Waals surface area contributed by atoms with E-state index in [1.54, 1.807) is 36.4 Å². The van der Waals surface area contributed by atoms with Crippen LogP contribution in [0.3, 0.4) is 0 Å². The normalized spacial score (nSPS) is 12.1. The average molecular weight is 462 g/mol. The SMILES string of the molecule is CCCC(C)CP(=O)(C(=O)c1c(OC)cccc1OC)C(=O)c1c(OC)cccc1OC. The lowest BCUT2D eigenvalue weighted by atomic mass is 10.1. The van der Waals surface area contributed by atoms with Gasteiger partial charge in [0.1, 0.15) is 34.1 Å². The zero-order valence-corrected chi connectivity index (χ0v) is 20.4. The van der Waals surface area contributed by atoms with Gasteiger partial charge in [0, 0.05) is 6.16 Å². The summed E-state index contributed by atoms with van der Waals surface area (Å²) in [5.74, 6) is 0.644. The highest BCUT2D eigenvalue weighted by Gasteiger charge is 2.46. The first-order valence-electron chi connectivity index (χ1n) is 10.4. The van der Waals surface area contributed by atoms with Crippen LogP contribution in [0.5, 0.6) is 23.0 Å². The van der Waals surface area contributed by atoms with E-state index >= 15 is 0 Å². The highest BCUT2D eigenvalue weighted by Crippen LogP contribution is 2.57. The molecule has 0 fully saturated rings. The highest BCUT2D eigenvalue weighted by atomic mass is 31.2. The molecule has 0 bridgehead atoms. The minimum absolute atomic E-state index is 0.00764. The molecule has 0 aliphatic carbocycles. The van der Waals surface area contributed by atoms with Gasteiger partial charge in [-0.2, -0.15) is 0 Å². The molecule has 0 saturated carbocycles. The topological polar surface area (TPSA) is 88.1 Å². The van der Waals surface area contributed by atoms with Crippen molar-refractivity contribution in [3.63, 3.8) is 0 Å². The van der Waals surface area contributed by atoms with Crippen molar-refractivity contribution >= 4 is 18.2 Å². The van der Waals surface area contributed by atoms with Crippen LogP contribution in [0.4, 0.5) is 0 Å². The van der Waals surface area contributed by atoms with E-state index in [0.717, 1.165) is 12.8 Å². The molecule has 0 amide bonds. The first-order valence-corrected chi connectivity index (χ1v) is 12.3. The van der Waals surface area contributed by atoms with Crippen molar-refractivity contribution in [2.45, 2.75) is 26.7 Å². The van der Waals surface area contributed by atoms with Crippen LogP contribution in [0, 0.1) is 5.92 Å². The van der Waals surface area contributed by atoms with Crippen LogP contribution < -0.4 is 18.9 Å². The van der Waals surface area contributed by atoms with Crippen LogP contribution in [0.25, 0.3) is 0 Å². The molecule has 2 aromatic rings. The van der Waals surface area contributed by atoms with E-state index in [9.17, 15) is 14.2 Å². The summed E-state index contributed by atoms with van der Waals surface area (Å²) in [4.78, 5) is 27.7. The third-order valence-corrected chi connectivity index (χ3v) is 8.19. The van der Waals surface area contributed by atoms with Crippen molar-refractivity contribution < 1.29 is 33.1 Å². The molecule has 0 spiro atoms.